The Hall–Kier alpha value is -1.37. The summed E-state index contributed by atoms with van der Waals surface area (Å²) in [7, 11) is 0.491. The van der Waals surface area contributed by atoms with Crippen molar-refractivity contribution in [2.24, 2.45) is 7.05 Å². The minimum atomic E-state index is -3.41. The van der Waals surface area contributed by atoms with Gasteiger partial charge in [-0.15, -0.1) is 0 Å². The quantitative estimate of drug-likeness (QED) is 0.833. The topological polar surface area (TPSA) is 45.6 Å². The second kappa shape index (κ2) is 4.87. The maximum atomic E-state index is 12.8. The number of aromatic nitrogens is 1. The Balaban J connectivity index is 2.06. The zero-order valence-corrected chi connectivity index (χ0v) is 12.6. The predicted octanol–water partition coefficient (Wildman–Crippen LogP) is 1.11. The van der Waals surface area contributed by atoms with Crippen LogP contribution in [0.15, 0.2) is 35.4 Å². The molecule has 1 aromatic carbocycles. The zero-order chi connectivity index (χ0) is 14.3. The Bertz CT molecular complexity index is 728. The van der Waals surface area contributed by atoms with Gasteiger partial charge in [-0.25, -0.2) is 8.42 Å². The summed E-state index contributed by atoms with van der Waals surface area (Å²) in [5, 5.41) is 0.800. The number of likely N-dealkylation sites (N-methyl/N-ethyl adjacent to an activating group) is 1. The molecule has 20 heavy (non-hydrogen) atoms. The van der Waals surface area contributed by atoms with Gasteiger partial charge in [0, 0.05) is 50.3 Å². The number of rotatable bonds is 2. The molecule has 0 saturated carbocycles. The maximum Gasteiger partial charge on any atom is 0.245 e. The molecule has 0 bridgehead atoms. The lowest BCUT2D eigenvalue weighted by Crippen LogP contribution is -2.46. The van der Waals surface area contributed by atoms with E-state index in [4.69, 9.17) is 0 Å². The van der Waals surface area contributed by atoms with Gasteiger partial charge in [0.15, 0.2) is 0 Å². The molecule has 0 aliphatic carbocycles. The van der Waals surface area contributed by atoms with E-state index in [9.17, 15) is 8.42 Å². The van der Waals surface area contributed by atoms with E-state index in [-0.39, 0.29) is 0 Å². The van der Waals surface area contributed by atoms with Crippen LogP contribution >= 0.6 is 0 Å². The fourth-order valence-corrected chi connectivity index (χ4v) is 4.34. The normalized spacial score (nSPS) is 18.7. The van der Waals surface area contributed by atoms with Crippen molar-refractivity contribution in [2.45, 2.75) is 4.90 Å². The summed E-state index contributed by atoms with van der Waals surface area (Å²) in [5.41, 5.74) is 0.945. The molecule has 2 heterocycles. The molecule has 6 heteroatoms. The number of nitrogens with zero attached hydrogens (tertiary/aromatic N) is 3. The van der Waals surface area contributed by atoms with E-state index in [2.05, 4.69) is 4.90 Å². The molecule has 1 aromatic heterocycles. The van der Waals surface area contributed by atoms with Gasteiger partial charge in [-0.2, -0.15) is 4.31 Å². The van der Waals surface area contributed by atoms with Crippen LogP contribution < -0.4 is 0 Å². The predicted molar refractivity (Wildman–Crippen MR) is 79.2 cm³/mol. The van der Waals surface area contributed by atoms with E-state index in [0.29, 0.717) is 18.0 Å². The average molecular weight is 293 g/mol. The van der Waals surface area contributed by atoms with Crippen LogP contribution in [0.25, 0.3) is 10.9 Å². The lowest BCUT2D eigenvalue weighted by Gasteiger charge is -2.31. The minimum absolute atomic E-state index is 0.417. The van der Waals surface area contributed by atoms with Crippen molar-refractivity contribution in [1.29, 1.82) is 0 Å². The summed E-state index contributed by atoms with van der Waals surface area (Å²) in [4.78, 5) is 2.56. The molecule has 108 valence electrons. The van der Waals surface area contributed by atoms with E-state index in [1.165, 1.54) is 0 Å². The van der Waals surface area contributed by atoms with Gasteiger partial charge >= 0.3 is 0 Å². The second-order valence-electron chi connectivity index (χ2n) is 5.33. The van der Waals surface area contributed by atoms with Crippen molar-refractivity contribution in [1.82, 2.24) is 13.8 Å². The molecular weight excluding hydrogens is 274 g/mol. The number of fused-ring (bicyclic) bond motifs is 1. The zero-order valence-electron chi connectivity index (χ0n) is 11.8. The van der Waals surface area contributed by atoms with Gasteiger partial charge in [0.05, 0.1) is 0 Å². The lowest BCUT2D eigenvalue weighted by molar-refractivity contribution is 0.222. The Kier molecular flexibility index (Phi) is 3.32. The Morgan fingerprint density at radius 1 is 1.00 bits per heavy atom. The molecule has 2 aromatic rings. The van der Waals surface area contributed by atoms with Crippen molar-refractivity contribution >= 4 is 20.9 Å². The van der Waals surface area contributed by atoms with E-state index in [0.717, 1.165) is 24.0 Å². The fraction of sp³-hybridized carbons (Fsp3) is 0.429. The van der Waals surface area contributed by atoms with E-state index < -0.39 is 10.0 Å². The van der Waals surface area contributed by atoms with Crippen LogP contribution in [0, 0.1) is 0 Å². The number of sulfonamides is 1. The third-order valence-corrected chi connectivity index (χ3v) is 5.87. The van der Waals surface area contributed by atoms with Crippen LogP contribution in [-0.4, -0.2) is 55.4 Å². The van der Waals surface area contributed by atoms with Crippen LogP contribution in [0.3, 0.4) is 0 Å². The summed E-state index contributed by atoms with van der Waals surface area (Å²) in [5.74, 6) is 0. The highest BCUT2D eigenvalue weighted by Gasteiger charge is 2.29. The largest absolute Gasteiger partial charge is 0.349 e. The molecule has 1 aliphatic rings. The maximum absolute atomic E-state index is 12.8. The first-order valence-corrected chi connectivity index (χ1v) is 8.17. The third-order valence-electron chi connectivity index (χ3n) is 3.94. The molecule has 3 rings (SSSR count). The smallest absolute Gasteiger partial charge is 0.245 e. The van der Waals surface area contributed by atoms with Crippen molar-refractivity contribution in [3.63, 3.8) is 0 Å². The van der Waals surface area contributed by atoms with Gasteiger partial charge in [0.1, 0.15) is 4.90 Å². The Labute approximate surface area is 119 Å². The first kappa shape index (κ1) is 13.6. The summed E-state index contributed by atoms with van der Waals surface area (Å²) in [6, 6.07) is 7.62. The Morgan fingerprint density at radius 2 is 1.65 bits per heavy atom. The average Bonchev–Trinajstić information content (AvgIpc) is 2.78. The van der Waals surface area contributed by atoms with Gasteiger partial charge in [0.2, 0.25) is 10.0 Å². The number of piperazine rings is 1. The highest BCUT2D eigenvalue weighted by atomic mass is 32.2. The third kappa shape index (κ3) is 2.13. The van der Waals surface area contributed by atoms with Crippen LogP contribution in [-0.2, 0) is 17.1 Å². The van der Waals surface area contributed by atoms with E-state index in [1.54, 1.807) is 10.5 Å². The van der Waals surface area contributed by atoms with Gasteiger partial charge in [0.25, 0.3) is 0 Å². The highest BCUT2D eigenvalue weighted by molar-refractivity contribution is 7.89. The van der Waals surface area contributed by atoms with Crippen LogP contribution in [0.1, 0.15) is 0 Å². The Morgan fingerprint density at radius 3 is 2.35 bits per heavy atom. The van der Waals surface area contributed by atoms with Crippen LogP contribution in [0.2, 0.25) is 0 Å². The number of hydrogen-bond donors (Lipinski definition) is 0. The number of hydrogen-bond acceptors (Lipinski definition) is 3. The summed E-state index contributed by atoms with van der Waals surface area (Å²) in [6.07, 6.45) is 1.72. The van der Waals surface area contributed by atoms with Gasteiger partial charge in [-0.3, -0.25) is 0 Å². The molecule has 5 nitrogen and oxygen atoms in total. The van der Waals surface area contributed by atoms with Crippen LogP contribution in [0.4, 0.5) is 0 Å². The van der Waals surface area contributed by atoms with Crippen molar-refractivity contribution in [3.8, 4) is 0 Å². The minimum Gasteiger partial charge on any atom is -0.349 e. The molecule has 0 N–H and O–H groups in total. The SMILES string of the molecule is CN1CCN(S(=O)(=O)c2cn(C)c3ccccc23)CC1. The van der Waals surface area contributed by atoms with Gasteiger partial charge in [-0.05, 0) is 13.1 Å². The molecule has 1 fully saturated rings. The van der Waals surface area contributed by atoms with Crippen molar-refractivity contribution in [3.05, 3.63) is 30.5 Å². The highest BCUT2D eigenvalue weighted by Crippen LogP contribution is 2.27. The molecule has 0 radical (unpaired) electrons. The van der Waals surface area contributed by atoms with E-state index in [1.807, 2.05) is 42.9 Å². The molecule has 1 aliphatic heterocycles. The molecule has 0 spiro atoms. The van der Waals surface area contributed by atoms with Crippen molar-refractivity contribution in [2.75, 3.05) is 33.2 Å². The van der Waals surface area contributed by atoms with Gasteiger partial charge in [-0.1, -0.05) is 18.2 Å². The first-order chi connectivity index (χ1) is 9.50. The summed E-state index contributed by atoms with van der Waals surface area (Å²) < 4.78 is 29.1. The van der Waals surface area contributed by atoms with Gasteiger partial charge < -0.3 is 9.47 Å². The molecule has 0 atom stereocenters. The first-order valence-electron chi connectivity index (χ1n) is 6.73. The monoisotopic (exact) mass is 293 g/mol. The second-order valence-corrected chi connectivity index (χ2v) is 7.24. The van der Waals surface area contributed by atoms with Crippen LogP contribution in [0.5, 0.6) is 0 Å². The number of aryl methyl sites for hydroxylation is 1. The standard InChI is InChI=1S/C14H19N3O2S/c1-15-7-9-17(10-8-15)20(18,19)14-11-16(2)13-6-4-3-5-12(13)14/h3-6,11H,7-10H2,1-2H3. The number of para-hydroxylation sites is 1. The molecule has 1 saturated heterocycles. The fourth-order valence-electron chi connectivity index (χ4n) is 2.68. The van der Waals surface area contributed by atoms with E-state index >= 15 is 0 Å². The summed E-state index contributed by atoms with van der Waals surface area (Å²) >= 11 is 0. The molecular formula is C14H19N3O2S. The molecule has 0 amide bonds. The number of benzene rings is 1. The summed E-state index contributed by atoms with van der Waals surface area (Å²) in [6.45, 7) is 2.68. The lowest BCUT2D eigenvalue weighted by atomic mass is 10.2. The van der Waals surface area contributed by atoms with Crippen molar-refractivity contribution < 1.29 is 8.42 Å². The molecule has 0 unspecified atom stereocenters.